The second-order valence-electron chi connectivity index (χ2n) is 5.88. The van der Waals surface area contributed by atoms with E-state index in [9.17, 15) is 26.0 Å². The summed E-state index contributed by atoms with van der Waals surface area (Å²) >= 11 is 0. The first kappa shape index (κ1) is 21.0. The quantitative estimate of drug-likeness (QED) is 0.655. The molecule has 2 aromatic carbocycles. The van der Waals surface area contributed by atoms with Crippen molar-refractivity contribution >= 4 is 27.3 Å². The number of aryl methyl sites for hydroxylation is 1. The summed E-state index contributed by atoms with van der Waals surface area (Å²) in [7, 11) is -2.69. The fraction of sp³-hybridized carbons (Fsp3) is 0.294. The van der Waals surface area contributed by atoms with E-state index in [1.165, 1.54) is 10.8 Å². The molecule has 2 aromatic rings. The van der Waals surface area contributed by atoms with Gasteiger partial charge in [-0.1, -0.05) is 24.3 Å². The van der Waals surface area contributed by atoms with Crippen LogP contribution in [0.15, 0.2) is 48.5 Å². The van der Waals surface area contributed by atoms with Crippen molar-refractivity contribution < 1.29 is 26.0 Å². The predicted octanol–water partition coefficient (Wildman–Crippen LogP) is 3.91. The number of anilines is 3. The van der Waals surface area contributed by atoms with Crippen LogP contribution >= 0.6 is 0 Å². The number of nitrogens with zero attached hydrogens (tertiary/aromatic N) is 1. The fourth-order valence-corrected chi connectivity index (χ4v) is 3.14. The van der Waals surface area contributed by atoms with Gasteiger partial charge in [0.2, 0.25) is 0 Å². The molecule has 2 N–H and O–H groups in total. The molecule has 0 bridgehead atoms. The van der Waals surface area contributed by atoms with Gasteiger partial charge in [0.25, 0.3) is 10.2 Å². The van der Waals surface area contributed by atoms with Crippen LogP contribution in [0.5, 0.6) is 0 Å². The highest BCUT2D eigenvalue weighted by atomic mass is 32.2. The van der Waals surface area contributed by atoms with Gasteiger partial charge in [-0.2, -0.15) is 21.9 Å². The van der Waals surface area contributed by atoms with Gasteiger partial charge in [-0.3, -0.25) is 4.72 Å². The van der Waals surface area contributed by atoms with Gasteiger partial charge in [0.15, 0.2) is 0 Å². The van der Waals surface area contributed by atoms with Crippen LogP contribution in [0.1, 0.15) is 5.56 Å². The summed E-state index contributed by atoms with van der Waals surface area (Å²) in [5, 5.41) is 0. The lowest BCUT2D eigenvalue weighted by molar-refractivity contribution is -0.122. The summed E-state index contributed by atoms with van der Waals surface area (Å²) in [6, 6.07) is 14.2. The molecule has 0 heterocycles. The topological polar surface area (TPSA) is 61.4 Å². The van der Waals surface area contributed by atoms with E-state index in [4.69, 9.17) is 0 Å². The van der Waals surface area contributed by atoms with E-state index in [0.717, 1.165) is 5.69 Å². The highest BCUT2D eigenvalue weighted by Gasteiger charge is 2.41. The maximum absolute atomic E-state index is 12.9. The second-order valence-corrected chi connectivity index (χ2v) is 7.38. The summed E-state index contributed by atoms with van der Waals surface area (Å²) in [5.74, 6) is -4.46. The minimum atomic E-state index is -4.46. The number of nitrogens with one attached hydrogen (secondary N) is 2. The van der Waals surface area contributed by atoms with Crippen LogP contribution < -0.4 is 14.3 Å². The first-order chi connectivity index (χ1) is 12.5. The summed E-state index contributed by atoms with van der Waals surface area (Å²) in [6.07, 6.45) is -3.97. The third-order valence-electron chi connectivity index (χ3n) is 3.81. The number of hydrogen-bond donors (Lipinski definition) is 2. The van der Waals surface area contributed by atoms with Gasteiger partial charge in [0.1, 0.15) is 0 Å². The standard InChI is InChI=1S/C17H19F4N3O2S/c1-12-8-9-14(24(2)13-6-4-3-5-7-13)10-15(12)23-27(25,26)22-11-17(20,21)16(18)19/h3-10,16,22-23H,11H2,1-2H3. The Morgan fingerprint density at radius 3 is 2.30 bits per heavy atom. The molecule has 0 saturated carbocycles. The number of benzene rings is 2. The highest BCUT2D eigenvalue weighted by molar-refractivity contribution is 7.90. The van der Waals surface area contributed by atoms with Gasteiger partial charge in [0, 0.05) is 18.4 Å². The third-order valence-corrected chi connectivity index (χ3v) is 4.83. The zero-order valence-corrected chi connectivity index (χ0v) is 15.4. The molecule has 0 unspecified atom stereocenters. The summed E-state index contributed by atoms with van der Waals surface area (Å²) < 4.78 is 77.7. The molecule has 0 aliphatic rings. The monoisotopic (exact) mass is 405 g/mol. The molecule has 5 nitrogen and oxygen atoms in total. The lowest BCUT2D eigenvalue weighted by Gasteiger charge is -2.22. The zero-order chi connectivity index (χ0) is 20.2. The highest BCUT2D eigenvalue weighted by Crippen LogP contribution is 2.28. The van der Waals surface area contributed by atoms with E-state index in [1.807, 2.05) is 30.3 Å². The van der Waals surface area contributed by atoms with Crippen molar-refractivity contribution in [1.82, 2.24) is 4.72 Å². The lowest BCUT2D eigenvalue weighted by atomic mass is 10.1. The van der Waals surface area contributed by atoms with Crippen molar-refractivity contribution in [2.75, 3.05) is 23.2 Å². The molecular formula is C17H19F4N3O2S. The van der Waals surface area contributed by atoms with E-state index in [0.29, 0.717) is 11.3 Å². The van der Waals surface area contributed by atoms with Crippen LogP contribution in [0.2, 0.25) is 0 Å². The van der Waals surface area contributed by atoms with E-state index in [1.54, 1.807) is 31.0 Å². The molecule has 148 valence electrons. The number of halogens is 4. The van der Waals surface area contributed by atoms with Gasteiger partial charge in [-0.15, -0.1) is 0 Å². The Hall–Kier alpha value is -2.33. The van der Waals surface area contributed by atoms with Crippen LogP contribution in [-0.2, 0) is 10.2 Å². The second kappa shape index (κ2) is 8.13. The molecule has 0 radical (unpaired) electrons. The molecule has 0 atom stereocenters. The van der Waals surface area contributed by atoms with E-state index < -0.39 is 29.1 Å². The number of para-hydroxylation sites is 1. The van der Waals surface area contributed by atoms with E-state index in [2.05, 4.69) is 4.72 Å². The summed E-state index contributed by atoms with van der Waals surface area (Å²) in [6.45, 7) is -0.0828. The van der Waals surface area contributed by atoms with E-state index >= 15 is 0 Å². The molecule has 2 rings (SSSR count). The predicted molar refractivity (Wildman–Crippen MR) is 97.2 cm³/mol. The van der Waals surface area contributed by atoms with E-state index in [-0.39, 0.29) is 5.69 Å². The maximum Gasteiger partial charge on any atom is 0.320 e. The first-order valence-corrected chi connectivity index (χ1v) is 9.33. The molecule has 0 saturated heterocycles. The van der Waals surface area contributed by atoms with Crippen molar-refractivity contribution in [3.05, 3.63) is 54.1 Å². The van der Waals surface area contributed by atoms with Gasteiger partial charge in [0.05, 0.1) is 12.2 Å². The largest absolute Gasteiger partial charge is 0.345 e. The molecule has 0 fully saturated rings. The van der Waals surface area contributed by atoms with Crippen molar-refractivity contribution in [3.63, 3.8) is 0 Å². The third kappa shape index (κ3) is 5.57. The fourth-order valence-electron chi connectivity index (χ4n) is 2.18. The Morgan fingerprint density at radius 1 is 1.07 bits per heavy atom. The van der Waals surface area contributed by atoms with Crippen LogP contribution in [0.4, 0.5) is 34.6 Å². The van der Waals surface area contributed by atoms with Crippen LogP contribution in [0.3, 0.4) is 0 Å². The van der Waals surface area contributed by atoms with Crippen molar-refractivity contribution in [2.45, 2.75) is 19.3 Å². The maximum atomic E-state index is 12.9. The lowest BCUT2D eigenvalue weighted by Crippen LogP contribution is -2.43. The Morgan fingerprint density at radius 2 is 1.70 bits per heavy atom. The molecule has 0 aromatic heterocycles. The number of alkyl halides is 4. The summed E-state index contributed by atoms with van der Waals surface area (Å²) in [4.78, 5) is 1.80. The minimum absolute atomic E-state index is 0.142. The molecular weight excluding hydrogens is 386 g/mol. The minimum Gasteiger partial charge on any atom is -0.345 e. The molecule has 10 heteroatoms. The normalized spacial score (nSPS) is 12.3. The molecule has 0 spiro atoms. The SMILES string of the molecule is Cc1ccc(N(C)c2ccccc2)cc1NS(=O)(=O)NCC(F)(F)C(F)F. The Kier molecular flexibility index (Phi) is 6.32. The smallest absolute Gasteiger partial charge is 0.320 e. The molecule has 0 aliphatic carbocycles. The number of hydrogen-bond acceptors (Lipinski definition) is 3. The molecule has 0 amide bonds. The van der Waals surface area contributed by atoms with Gasteiger partial charge < -0.3 is 4.90 Å². The van der Waals surface area contributed by atoms with Crippen LogP contribution in [-0.4, -0.2) is 34.4 Å². The van der Waals surface area contributed by atoms with Gasteiger partial charge >= 0.3 is 12.3 Å². The number of rotatable bonds is 8. The van der Waals surface area contributed by atoms with Crippen molar-refractivity contribution in [2.24, 2.45) is 0 Å². The molecule has 27 heavy (non-hydrogen) atoms. The van der Waals surface area contributed by atoms with Crippen LogP contribution in [0.25, 0.3) is 0 Å². The van der Waals surface area contributed by atoms with Crippen molar-refractivity contribution in [3.8, 4) is 0 Å². The van der Waals surface area contributed by atoms with Crippen LogP contribution in [0, 0.1) is 6.92 Å². The Bertz CT molecular complexity index is 877. The zero-order valence-electron chi connectivity index (χ0n) is 14.6. The first-order valence-electron chi connectivity index (χ1n) is 7.84. The average molecular weight is 405 g/mol. The van der Waals surface area contributed by atoms with Crippen molar-refractivity contribution in [1.29, 1.82) is 0 Å². The summed E-state index contributed by atoms with van der Waals surface area (Å²) in [5.41, 5.74) is 2.17. The van der Waals surface area contributed by atoms with Gasteiger partial charge in [-0.25, -0.2) is 8.78 Å². The Balaban J connectivity index is 2.18. The Labute approximate surface area is 155 Å². The average Bonchev–Trinajstić information content (AvgIpc) is 2.62. The van der Waals surface area contributed by atoms with Gasteiger partial charge in [-0.05, 0) is 36.8 Å². The molecule has 0 aliphatic heterocycles.